The van der Waals surface area contributed by atoms with E-state index in [1.807, 2.05) is 4.90 Å². The van der Waals surface area contributed by atoms with E-state index in [0.29, 0.717) is 29.2 Å². The fourth-order valence-corrected chi connectivity index (χ4v) is 3.60. The first kappa shape index (κ1) is 22.5. The van der Waals surface area contributed by atoms with Crippen molar-refractivity contribution in [3.63, 3.8) is 0 Å². The van der Waals surface area contributed by atoms with Crippen LogP contribution in [0, 0.1) is 5.92 Å². The Hall–Kier alpha value is -3.73. The summed E-state index contributed by atoms with van der Waals surface area (Å²) in [5.74, 6) is -0.0547. The Morgan fingerprint density at radius 2 is 1.91 bits per heavy atom. The Balaban J connectivity index is 1.57. The molecule has 1 saturated heterocycles. The van der Waals surface area contributed by atoms with Gasteiger partial charge in [-0.05, 0) is 36.8 Å². The zero-order valence-electron chi connectivity index (χ0n) is 17.3. The van der Waals surface area contributed by atoms with Crippen LogP contribution in [-0.4, -0.2) is 52.0 Å². The van der Waals surface area contributed by atoms with Crippen molar-refractivity contribution in [2.75, 3.05) is 29.9 Å². The van der Waals surface area contributed by atoms with Crippen molar-refractivity contribution < 1.29 is 27.8 Å². The average Bonchev–Trinajstić information content (AvgIpc) is 3.29. The number of rotatable bonds is 6. The molecule has 0 unspecified atom stereocenters. The molecule has 11 heteroatoms. The number of carbonyl (C=O) groups is 1. The number of aliphatic hydroxyl groups excluding tert-OH is 1. The largest absolute Gasteiger partial charge is 0.573 e. The molecule has 4 rings (SSSR count). The third-order valence-corrected chi connectivity index (χ3v) is 5.19. The minimum atomic E-state index is -4.79. The monoisotopic (exact) mass is 459 g/mol. The standard InChI is InChI=1S/C22H20F3N5O3/c23-22(24,25)33-18-3-1-17(2-4-18)29-21(32)15-7-19(16-8-26-13-27-9-16)20(28-10-15)30-6-5-14(11-30)12-31/h1-4,7-10,13-14,31H,5-6,11-12H2,(H,29,32)/t14-/m1/s1. The summed E-state index contributed by atoms with van der Waals surface area (Å²) in [6.07, 6.45) is 2.12. The first-order valence-electron chi connectivity index (χ1n) is 10.1. The second-order valence-corrected chi connectivity index (χ2v) is 7.53. The minimum Gasteiger partial charge on any atom is -0.406 e. The van der Waals surface area contributed by atoms with Gasteiger partial charge in [0.05, 0.1) is 5.56 Å². The fraction of sp³-hybridized carbons (Fsp3) is 0.273. The van der Waals surface area contributed by atoms with Gasteiger partial charge in [0, 0.05) is 61.0 Å². The lowest BCUT2D eigenvalue weighted by atomic mass is 10.1. The topological polar surface area (TPSA) is 100 Å². The molecule has 2 aromatic heterocycles. The predicted molar refractivity (Wildman–Crippen MR) is 114 cm³/mol. The Bertz CT molecular complexity index is 1110. The summed E-state index contributed by atoms with van der Waals surface area (Å²) >= 11 is 0. The number of pyridine rings is 1. The van der Waals surface area contributed by atoms with E-state index in [9.17, 15) is 23.1 Å². The van der Waals surface area contributed by atoms with Crippen LogP contribution >= 0.6 is 0 Å². The van der Waals surface area contributed by atoms with E-state index in [1.54, 1.807) is 18.5 Å². The number of nitrogens with one attached hydrogen (secondary N) is 1. The van der Waals surface area contributed by atoms with Crippen LogP contribution in [0.1, 0.15) is 16.8 Å². The number of amides is 1. The van der Waals surface area contributed by atoms with E-state index >= 15 is 0 Å². The molecule has 1 fully saturated rings. The van der Waals surface area contributed by atoms with Gasteiger partial charge in [-0.2, -0.15) is 0 Å². The van der Waals surface area contributed by atoms with Gasteiger partial charge in [-0.1, -0.05) is 0 Å². The molecule has 1 atom stereocenters. The molecule has 3 aromatic rings. The third kappa shape index (κ3) is 5.55. The number of hydrogen-bond acceptors (Lipinski definition) is 7. The summed E-state index contributed by atoms with van der Waals surface area (Å²) in [5, 5.41) is 12.1. The number of anilines is 2. The van der Waals surface area contributed by atoms with Crippen molar-refractivity contribution >= 4 is 17.4 Å². The van der Waals surface area contributed by atoms with Crippen molar-refractivity contribution in [2.24, 2.45) is 5.92 Å². The summed E-state index contributed by atoms with van der Waals surface area (Å²) < 4.78 is 40.8. The number of nitrogens with zero attached hydrogens (tertiary/aromatic N) is 4. The molecule has 1 aliphatic rings. The van der Waals surface area contributed by atoms with Crippen molar-refractivity contribution in [3.05, 3.63) is 60.8 Å². The highest BCUT2D eigenvalue weighted by Gasteiger charge is 2.31. The number of alkyl halides is 3. The lowest BCUT2D eigenvalue weighted by Crippen LogP contribution is -2.23. The number of benzene rings is 1. The first-order valence-corrected chi connectivity index (χ1v) is 10.1. The van der Waals surface area contributed by atoms with E-state index in [0.717, 1.165) is 25.1 Å². The summed E-state index contributed by atoms with van der Waals surface area (Å²) in [7, 11) is 0. The quantitative estimate of drug-likeness (QED) is 0.582. The van der Waals surface area contributed by atoms with Crippen LogP contribution in [-0.2, 0) is 0 Å². The second-order valence-electron chi connectivity index (χ2n) is 7.53. The third-order valence-electron chi connectivity index (χ3n) is 5.19. The summed E-state index contributed by atoms with van der Waals surface area (Å²) in [4.78, 5) is 27.4. The smallest absolute Gasteiger partial charge is 0.406 e. The molecular weight excluding hydrogens is 439 g/mol. The van der Waals surface area contributed by atoms with Crippen LogP contribution in [0.25, 0.3) is 11.1 Å². The van der Waals surface area contributed by atoms with E-state index in [2.05, 4.69) is 25.0 Å². The molecule has 1 amide bonds. The van der Waals surface area contributed by atoms with E-state index in [1.165, 1.54) is 24.7 Å². The molecular formula is C22H20F3N5O3. The highest BCUT2D eigenvalue weighted by molar-refractivity contribution is 6.05. The second kappa shape index (κ2) is 9.41. The Kier molecular flexibility index (Phi) is 6.40. The average molecular weight is 459 g/mol. The van der Waals surface area contributed by atoms with Crippen LogP contribution in [0.5, 0.6) is 5.75 Å². The SMILES string of the molecule is O=C(Nc1ccc(OC(F)(F)F)cc1)c1cnc(N2CC[C@@H](CO)C2)c(-c2cncnc2)c1. The molecule has 1 aliphatic heterocycles. The molecule has 0 bridgehead atoms. The van der Waals surface area contributed by atoms with Crippen molar-refractivity contribution in [1.82, 2.24) is 15.0 Å². The zero-order valence-corrected chi connectivity index (χ0v) is 17.3. The number of halogens is 3. The molecule has 33 heavy (non-hydrogen) atoms. The molecule has 0 aliphatic carbocycles. The van der Waals surface area contributed by atoms with Crippen LogP contribution in [0.2, 0.25) is 0 Å². The predicted octanol–water partition coefficient (Wildman–Crippen LogP) is 3.51. The van der Waals surface area contributed by atoms with Gasteiger partial charge in [-0.3, -0.25) is 4.79 Å². The first-order chi connectivity index (χ1) is 15.8. The number of hydrogen-bond donors (Lipinski definition) is 2. The maximum atomic E-state index is 12.8. The molecule has 172 valence electrons. The maximum absolute atomic E-state index is 12.8. The van der Waals surface area contributed by atoms with E-state index < -0.39 is 12.3 Å². The van der Waals surface area contributed by atoms with Gasteiger partial charge >= 0.3 is 6.36 Å². The van der Waals surface area contributed by atoms with Crippen molar-refractivity contribution in [3.8, 4) is 16.9 Å². The Labute approximate surface area is 187 Å². The number of aliphatic hydroxyl groups is 1. The summed E-state index contributed by atoms with van der Waals surface area (Å²) in [6, 6.07) is 6.52. The van der Waals surface area contributed by atoms with Gasteiger partial charge in [0.25, 0.3) is 5.91 Å². The minimum absolute atomic E-state index is 0.0908. The fourth-order valence-electron chi connectivity index (χ4n) is 3.60. The van der Waals surface area contributed by atoms with E-state index in [-0.39, 0.29) is 23.8 Å². The molecule has 0 spiro atoms. The van der Waals surface area contributed by atoms with Gasteiger partial charge in [0.2, 0.25) is 0 Å². The van der Waals surface area contributed by atoms with Crippen LogP contribution in [0.15, 0.2) is 55.2 Å². The Morgan fingerprint density at radius 1 is 1.18 bits per heavy atom. The van der Waals surface area contributed by atoms with Crippen molar-refractivity contribution in [2.45, 2.75) is 12.8 Å². The van der Waals surface area contributed by atoms with Gasteiger partial charge in [-0.25, -0.2) is 15.0 Å². The molecule has 1 aromatic carbocycles. The molecule has 0 radical (unpaired) electrons. The van der Waals surface area contributed by atoms with Gasteiger partial charge in [0.1, 0.15) is 17.9 Å². The number of aromatic nitrogens is 3. The maximum Gasteiger partial charge on any atom is 0.573 e. The van der Waals surface area contributed by atoms with Gasteiger partial charge < -0.3 is 20.1 Å². The Morgan fingerprint density at radius 3 is 2.55 bits per heavy atom. The normalized spacial score (nSPS) is 16.0. The van der Waals surface area contributed by atoms with Crippen LogP contribution in [0.3, 0.4) is 0 Å². The van der Waals surface area contributed by atoms with Crippen LogP contribution in [0.4, 0.5) is 24.7 Å². The highest BCUT2D eigenvalue weighted by Crippen LogP contribution is 2.32. The van der Waals surface area contributed by atoms with E-state index in [4.69, 9.17) is 0 Å². The van der Waals surface area contributed by atoms with Gasteiger partial charge in [-0.15, -0.1) is 13.2 Å². The highest BCUT2D eigenvalue weighted by atomic mass is 19.4. The van der Waals surface area contributed by atoms with Gasteiger partial charge in [0.15, 0.2) is 0 Å². The molecule has 0 saturated carbocycles. The number of ether oxygens (including phenoxy) is 1. The summed E-state index contributed by atoms with van der Waals surface area (Å²) in [5.41, 5.74) is 1.89. The summed E-state index contributed by atoms with van der Waals surface area (Å²) in [6.45, 7) is 1.45. The molecule has 2 N–H and O–H groups in total. The number of carbonyl (C=O) groups excluding carboxylic acids is 1. The van der Waals surface area contributed by atoms with Crippen LogP contribution < -0.4 is 15.0 Å². The lowest BCUT2D eigenvalue weighted by molar-refractivity contribution is -0.274. The molecule has 3 heterocycles. The molecule has 8 nitrogen and oxygen atoms in total. The lowest BCUT2D eigenvalue weighted by Gasteiger charge is -2.21. The van der Waals surface area contributed by atoms with Crippen molar-refractivity contribution in [1.29, 1.82) is 0 Å². The zero-order chi connectivity index (χ0) is 23.4.